The van der Waals surface area contributed by atoms with Gasteiger partial charge in [-0.25, -0.2) is 0 Å². The fourth-order valence-corrected chi connectivity index (χ4v) is 2.91. The molecule has 2 fully saturated rings. The van der Waals surface area contributed by atoms with E-state index in [9.17, 15) is 18.6 Å². The summed E-state index contributed by atoms with van der Waals surface area (Å²) in [4.78, 5) is 0. The van der Waals surface area contributed by atoms with E-state index >= 15 is 0 Å². The van der Waals surface area contributed by atoms with Crippen molar-refractivity contribution in [2.75, 3.05) is 6.61 Å². The molecule has 8 nitrogen and oxygen atoms in total. The number of hydrogen-bond donors (Lipinski definition) is 4. The average molecular weight is 241 g/mol. The minimum Gasteiger partial charge on any atom is -0.389 e. The summed E-state index contributed by atoms with van der Waals surface area (Å²) in [7, 11) is -4.69. The zero-order valence-corrected chi connectivity index (χ0v) is 8.29. The Kier molecular flexibility index (Phi) is 2.32. The SMILES string of the molecule is N[C@@]12OC[C@@H](O1)[C@@H](O)[C@H](O)[C@@H]2S(=O)(=O)O. The Hall–Kier alpha value is -0.290. The first-order valence-corrected chi connectivity index (χ1v) is 5.69. The Morgan fingerprint density at radius 3 is 2.47 bits per heavy atom. The van der Waals surface area contributed by atoms with Crippen molar-refractivity contribution in [1.29, 1.82) is 0 Å². The lowest BCUT2D eigenvalue weighted by atomic mass is 10.0. The molecule has 0 aromatic heterocycles. The Balaban J connectivity index is 2.43. The fourth-order valence-electron chi connectivity index (χ4n) is 1.86. The minimum atomic E-state index is -4.69. The smallest absolute Gasteiger partial charge is 0.277 e. The van der Waals surface area contributed by atoms with Crippen molar-refractivity contribution < 1.29 is 32.7 Å². The molecule has 2 aliphatic rings. The number of ether oxygens (including phenoxy) is 2. The molecule has 2 bridgehead atoms. The number of fused-ring (bicyclic) bond motifs is 2. The topological polar surface area (TPSA) is 139 Å². The van der Waals surface area contributed by atoms with Crippen LogP contribution in [0.3, 0.4) is 0 Å². The molecule has 88 valence electrons. The second kappa shape index (κ2) is 3.10. The van der Waals surface area contributed by atoms with Crippen LogP contribution in [0.5, 0.6) is 0 Å². The maximum atomic E-state index is 11.0. The van der Waals surface area contributed by atoms with Gasteiger partial charge in [-0.2, -0.15) is 8.42 Å². The van der Waals surface area contributed by atoms with E-state index in [-0.39, 0.29) is 6.61 Å². The van der Waals surface area contributed by atoms with Gasteiger partial charge in [-0.05, 0) is 0 Å². The number of aliphatic hydroxyl groups is 2. The van der Waals surface area contributed by atoms with Gasteiger partial charge in [-0.3, -0.25) is 10.3 Å². The lowest BCUT2D eigenvalue weighted by Gasteiger charge is -2.39. The monoisotopic (exact) mass is 241 g/mol. The Morgan fingerprint density at radius 2 is 1.93 bits per heavy atom. The summed E-state index contributed by atoms with van der Waals surface area (Å²) >= 11 is 0. The highest BCUT2D eigenvalue weighted by atomic mass is 32.2. The van der Waals surface area contributed by atoms with Crippen LogP contribution < -0.4 is 5.73 Å². The highest BCUT2D eigenvalue weighted by molar-refractivity contribution is 7.86. The van der Waals surface area contributed by atoms with Gasteiger partial charge in [0.2, 0.25) is 5.91 Å². The van der Waals surface area contributed by atoms with Crippen molar-refractivity contribution in [2.45, 2.75) is 29.5 Å². The molecule has 0 saturated carbocycles. The summed E-state index contributed by atoms with van der Waals surface area (Å²) < 4.78 is 40.6. The first kappa shape index (κ1) is 11.2. The van der Waals surface area contributed by atoms with Gasteiger partial charge in [0, 0.05) is 0 Å². The quantitative estimate of drug-likeness (QED) is 0.356. The second-order valence-electron chi connectivity index (χ2n) is 3.61. The van der Waals surface area contributed by atoms with Crippen LogP contribution in [0.4, 0.5) is 0 Å². The highest BCUT2D eigenvalue weighted by Gasteiger charge is 2.62. The highest BCUT2D eigenvalue weighted by Crippen LogP contribution is 2.36. The van der Waals surface area contributed by atoms with Crippen LogP contribution in [0.2, 0.25) is 0 Å². The van der Waals surface area contributed by atoms with Crippen molar-refractivity contribution in [2.24, 2.45) is 5.73 Å². The third kappa shape index (κ3) is 1.56. The van der Waals surface area contributed by atoms with E-state index in [1.807, 2.05) is 0 Å². The maximum Gasteiger partial charge on any atom is 0.277 e. The molecule has 0 aromatic rings. The molecule has 0 spiro atoms. The Labute approximate surface area is 85.3 Å². The summed E-state index contributed by atoms with van der Waals surface area (Å²) in [6.45, 7) is -0.138. The van der Waals surface area contributed by atoms with Crippen molar-refractivity contribution in [3.05, 3.63) is 0 Å². The predicted octanol–water partition coefficient (Wildman–Crippen LogP) is -2.99. The summed E-state index contributed by atoms with van der Waals surface area (Å²) in [6.07, 6.45) is -4.09. The fraction of sp³-hybridized carbons (Fsp3) is 1.00. The lowest BCUT2D eigenvalue weighted by Crippen LogP contribution is -2.67. The predicted molar refractivity (Wildman–Crippen MR) is 45.1 cm³/mol. The van der Waals surface area contributed by atoms with Gasteiger partial charge in [0.1, 0.15) is 18.3 Å². The van der Waals surface area contributed by atoms with E-state index in [0.29, 0.717) is 0 Å². The van der Waals surface area contributed by atoms with E-state index in [2.05, 4.69) is 0 Å². The molecule has 2 heterocycles. The molecule has 2 saturated heterocycles. The number of hydrogen-bond acceptors (Lipinski definition) is 7. The molecule has 5 N–H and O–H groups in total. The summed E-state index contributed by atoms with van der Waals surface area (Å²) in [5.74, 6) is -2.10. The molecule has 0 aromatic carbocycles. The van der Waals surface area contributed by atoms with E-state index in [4.69, 9.17) is 19.8 Å². The molecule has 0 radical (unpaired) electrons. The molecular weight excluding hydrogens is 230 g/mol. The molecule has 2 aliphatic heterocycles. The van der Waals surface area contributed by atoms with Gasteiger partial charge in [0.15, 0.2) is 5.25 Å². The van der Waals surface area contributed by atoms with Crippen molar-refractivity contribution in [1.82, 2.24) is 0 Å². The van der Waals surface area contributed by atoms with Crippen LogP contribution in [-0.2, 0) is 19.6 Å². The molecule has 0 unspecified atom stereocenters. The van der Waals surface area contributed by atoms with E-state index < -0.39 is 39.6 Å². The van der Waals surface area contributed by atoms with Crippen LogP contribution in [0.15, 0.2) is 0 Å². The molecule has 5 atom stereocenters. The zero-order valence-electron chi connectivity index (χ0n) is 7.48. The first-order chi connectivity index (χ1) is 6.76. The van der Waals surface area contributed by atoms with Gasteiger partial charge in [0.05, 0.1) is 6.61 Å². The van der Waals surface area contributed by atoms with Crippen LogP contribution in [-0.4, -0.2) is 59.3 Å². The van der Waals surface area contributed by atoms with Crippen LogP contribution in [0, 0.1) is 0 Å². The van der Waals surface area contributed by atoms with Crippen LogP contribution >= 0.6 is 0 Å². The number of aliphatic hydroxyl groups excluding tert-OH is 2. The zero-order chi connectivity index (χ0) is 11.4. The van der Waals surface area contributed by atoms with Gasteiger partial charge in [-0.15, -0.1) is 0 Å². The van der Waals surface area contributed by atoms with Crippen molar-refractivity contribution in [3.63, 3.8) is 0 Å². The number of rotatable bonds is 1. The van der Waals surface area contributed by atoms with E-state index in [0.717, 1.165) is 0 Å². The van der Waals surface area contributed by atoms with Crippen molar-refractivity contribution in [3.8, 4) is 0 Å². The lowest BCUT2D eigenvalue weighted by molar-refractivity contribution is -0.230. The molecule has 9 heteroatoms. The van der Waals surface area contributed by atoms with Gasteiger partial charge < -0.3 is 19.7 Å². The summed E-state index contributed by atoms with van der Waals surface area (Å²) in [5, 5.41) is 17.0. The Morgan fingerprint density at radius 1 is 1.33 bits per heavy atom. The number of nitrogens with two attached hydrogens (primary N) is 1. The summed E-state index contributed by atoms with van der Waals surface area (Å²) in [5.41, 5.74) is 5.43. The van der Waals surface area contributed by atoms with Crippen molar-refractivity contribution >= 4 is 10.1 Å². The largest absolute Gasteiger partial charge is 0.389 e. The van der Waals surface area contributed by atoms with Crippen LogP contribution in [0.25, 0.3) is 0 Å². The minimum absolute atomic E-state index is 0.138. The molecule has 2 rings (SSSR count). The van der Waals surface area contributed by atoms with Gasteiger partial charge in [0.25, 0.3) is 10.1 Å². The third-order valence-corrected chi connectivity index (χ3v) is 3.82. The average Bonchev–Trinajstić information content (AvgIpc) is 2.40. The molecule has 15 heavy (non-hydrogen) atoms. The second-order valence-corrected chi connectivity index (χ2v) is 5.14. The first-order valence-electron chi connectivity index (χ1n) is 4.19. The van der Waals surface area contributed by atoms with Gasteiger partial charge >= 0.3 is 0 Å². The summed E-state index contributed by atoms with van der Waals surface area (Å²) in [6, 6.07) is 0. The van der Waals surface area contributed by atoms with E-state index in [1.54, 1.807) is 0 Å². The Bertz CT molecular complexity index is 370. The normalized spacial score (nSPS) is 50.7. The molecule has 0 aliphatic carbocycles. The van der Waals surface area contributed by atoms with E-state index in [1.165, 1.54) is 0 Å². The standard InChI is InChI=1S/C6H11NO7S/c7-6-5(15(10,11)12)4(9)3(8)2(14-6)1-13-6/h2-5,8-9H,1,7H2,(H,10,11,12)/t2-,3-,4+,5+,6+/m1/s1. The molecule has 0 amide bonds. The third-order valence-electron chi connectivity index (χ3n) is 2.57. The van der Waals surface area contributed by atoms with Crippen LogP contribution in [0.1, 0.15) is 0 Å². The van der Waals surface area contributed by atoms with Gasteiger partial charge in [-0.1, -0.05) is 0 Å². The maximum absolute atomic E-state index is 11.0. The molecular formula is C6H11NO7S.